The lowest BCUT2D eigenvalue weighted by atomic mass is 10.0. The number of carbonyl (C=O) groups is 1. The van der Waals surface area contributed by atoms with Gasteiger partial charge in [0.05, 0.1) is 23.9 Å². The topological polar surface area (TPSA) is 80.2 Å². The van der Waals surface area contributed by atoms with E-state index in [2.05, 4.69) is 10.5 Å². The van der Waals surface area contributed by atoms with Crippen LogP contribution >= 0.6 is 11.6 Å². The molecule has 0 radical (unpaired) electrons. The number of hydrogen-bond donors (Lipinski definition) is 2. The second kappa shape index (κ2) is 8.58. The van der Waals surface area contributed by atoms with Gasteiger partial charge in [-0.05, 0) is 48.0 Å². The number of halogens is 1. The van der Waals surface area contributed by atoms with Crippen molar-refractivity contribution in [2.75, 3.05) is 13.2 Å². The molecule has 0 aliphatic carbocycles. The second-order valence-electron chi connectivity index (χ2n) is 5.78. The monoisotopic (exact) mass is 374 g/mol. The summed E-state index contributed by atoms with van der Waals surface area (Å²) in [5, 5.41) is 13.8. The van der Waals surface area contributed by atoms with E-state index in [1.165, 1.54) is 0 Å². The Kier molecular flexibility index (Phi) is 5.96. The molecular weight excluding hydrogens is 356 g/mol. The van der Waals surface area contributed by atoms with Gasteiger partial charge in [-0.1, -0.05) is 11.6 Å². The number of ether oxygens (including phenoxy) is 2. The van der Waals surface area contributed by atoms with Crippen LogP contribution in [0.2, 0.25) is 5.02 Å². The van der Waals surface area contributed by atoms with Crippen molar-refractivity contribution >= 4 is 23.2 Å². The zero-order valence-electron chi connectivity index (χ0n) is 14.1. The maximum Gasteiger partial charge on any atom is 0.240 e. The highest BCUT2D eigenvalue weighted by atomic mass is 35.5. The fraction of sp³-hybridized carbons (Fsp3) is 0.263. The normalized spacial score (nSPS) is 13.7. The first kappa shape index (κ1) is 18.1. The Balaban J connectivity index is 1.46. The third-order valence-electron chi connectivity index (χ3n) is 3.82. The number of aromatic hydroxyl groups is 1. The van der Waals surface area contributed by atoms with Crippen LogP contribution in [0.3, 0.4) is 0 Å². The van der Waals surface area contributed by atoms with Crippen molar-refractivity contribution in [3.63, 3.8) is 0 Å². The van der Waals surface area contributed by atoms with Crippen LogP contribution in [0.15, 0.2) is 47.6 Å². The quantitative estimate of drug-likeness (QED) is 0.727. The molecule has 3 rings (SSSR count). The molecule has 0 spiro atoms. The van der Waals surface area contributed by atoms with E-state index in [4.69, 9.17) is 21.1 Å². The number of phenolic OH excluding ortho intramolecular Hbond substituents is 1. The number of carbonyl (C=O) groups excluding carboxylic acids is 1. The van der Waals surface area contributed by atoms with E-state index in [1.54, 1.807) is 36.4 Å². The van der Waals surface area contributed by atoms with Crippen LogP contribution < -0.4 is 14.9 Å². The van der Waals surface area contributed by atoms with E-state index in [1.807, 2.05) is 6.07 Å². The number of phenols is 1. The van der Waals surface area contributed by atoms with Crippen LogP contribution in [-0.4, -0.2) is 29.9 Å². The minimum atomic E-state index is -0.0747. The second-order valence-corrected chi connectivity index (χ2v) is 6.19. The Morgan fingerprint density at radius 2 is 1.85 bits per heavy atom. The molecule has 0 bridgehead atoms. The number of benzene rings is 2. The van der Waals surface area contributed by atoms with Crippen molar-refractivity contribution in [2.45, 2.75) is 19.3 Å². The molecule has 1 aliphatic heterocycles. The molecule has 0 fully saturated rings. The Bertz CT molecular complexity index is 806. The Labute approximate surface area is 156 Å². The van der Waals surface area contributed by atoms with Crippen LogP contribution in [0.5, 0.6) is 17.2 Å². The van der Waals surface area contributed by atoms with Crippen molar-refractivity contribution in [3.05, 3.63) is 53.1 Å². The molecular formula is C19H19ClN2O4. The van der Waals surface area contributed by atoms with Gasteiger partial charge >= 0.3 is 0 Å². The fourth-order valence-corrected chi connectivity index (χ4v) is 2.69. The lowest BCUT2D eigenvalue weighted by Gasteiger charge is -2.14. The summed E-state index contributed by atoms with van der Waals surface area (Å²) < 4.78 is 11.3. The van der Waals surface area contributed by atoms with Gasteiger partial charge in [-0.15, -0.1) is 0 Å². The van der Waals surface area contributed by atoms with Gasteiger partial charge in [0, 0.05) is 19.3 Å². The van der Waals surface area contributed by atoms with E-state index >= 15 is 0 Å². The average molecular weight is 375 g/mol. The molecule has 136 valence electrons. The van der Waals surface area contributed by atoms with Gasteiger partial charge in [-0.3, -0.25) is 4.79 Å². The molecule has 1 amide bonds. The van der Waals surface area contributed by atoms with Crippen LogP contribution in [-0.2, 0) is 4.79 Å². The molecule has 0 aromatic heterocycles. The first-order valence-corrected chi connectivity index (χ1v) is 8.69. The van der Waals surface area contributed by atoms with E-state index in [0.29, 0.717) is 49.0 Å². The van der Waals surface area contributed by atoms with Gasteiger partial charge in [0.15, 0.2) is 0 Å². The maximum atomic E-state index is 11.2. The standard InChI is InChI=1S/C19H19ClN2O4/c20-16-12-13(17-7-9-19(24)22-21-17)2-8-18(16)26-11-1-10-25-15-5-3-14(23)4-6-15/h2-6,8,12,23H,1,7,9-11H2,(H,22,24). The van der Waals surface area contributed by atoms with Gasteiger partial charge in [-0.2, -0.15) is 5.10 Å². The zero-order chi connectivity index (χ0) is 18.4. The Morgan fingerprint density at radius 3 is 2.54 bits per heavy atom. The molecule has 0 saturated heterocycles. The number of rotatable bonds is 7. The lowest BCUT2D eigenvalue weighted by molar-refractivity contribution is -0.121. The summed E-state index contributed by atoms with van der Waals surface area (Å²) in [7, 11) is 0. The van der Waals surface area contributed by atoms with Gasteiger partial charge < -0.3 is 14.6 Å². The van der Waals surface area contributed by atoms with Crippen LogP contribution in [0.4, 0.5) is 0 Å². The molecule has 2 aromatic carbocycles. The highest BCUT2D eigenvalue weighted by Crippen LogP contribution is 2.27. The molecule has 1 aliphatic rings. The molecule has 0 unspecified atom stereocenters. The summed E-state index contributed by atoms with van der Waals surface area (Å²) in [4.78, 5) is 11.2. The third-order valence-corrected chi connectivity index (χ3v) is 4.12. The summed E-state index contributed by atoms with van der Waals surface area (Å²) >= 11 is 6.28. The summed E-state index contributed by atoms with van der Waals surface area (Å²) in [5.41, 5.74) is 4.16. The number of nitrogens with one attached hydrogen (secondary N) is 1. The molecule has 7 heteroatoms. The molecule has 6 nitrogen and oxygen atoms in total. The molecule has 0 atom stereocenters. The number of hydrazone groups is 1. The van der Waals surface area contributed by atoms with Gasteiger partial charge in [0.1, 0.15) is 17.2 Å². The first-order valence-electron chi connectivity index (χ1n) is 8.32. The van der Waals surface area contributed by atoms with Gasteiger partial charge in [-0.25, -0.2) is 5.43 Å². The summed E-state index contributed by atoms with van der Waals surface area (Å²) in [6, 6.07) is 12.1. The lowest BCUT2D eigenvalue weighted by Crippen LogP contribution is -2.25. The number of nitrogens with zero attached hydrogens (tertiary/aromatic N) is 1. The minimum absolute atomic E-state index is 0.0747. The zero-order valence-corrected chi connectivity index (χ0v) is 14.8. The SMILES string of the molecule is O=C1CCC(c2ccc(OCCCOc3ccc(O)cc3)c(Cl)c2)=NN1. The van der Waals surface area contributed by atoms with Crippen molar-refractivity contribution in [3.8, 4) is 17.2 Å². The summed E-state index contributed by atoms with van der Waals surface area (Å²) in [5.74, 6) is 1.43. The van der Waals surface area contributed by atoms with Crippen LogP contribution in [0.1, 0.15) is 24.8 Å². The van der Waals surface area contributed by atoms with Crippen LogP contribution in [0.25, 0.3) is 0 Å². The maximum absolute atomic E-state index is 11.2. The van der Waals surface area contributed by atoms with E-state index in [9.17, 15) is 9.90 Å². The van der Waals surface area contributed by atoms with Gasteiger partial charge in [0.25, 0.3) is 0 Å². The van der Waals surface area contributed by atoms with Crippen molar-refractivity contribution in [1.29, 1.82) is 0 Å². The first-order chi connectivity index (χ1) is 12.6. The summed E-state index contributed by atoms with van der Waals surface area (Å²) in [6.45, 7) is 0.963. The predicted octanol–water partition coefficient (Wildman–Crippen LogP) is 3.51. The Morgan fingerprint density at radius 1 is 1.08 bits per heavy atom. The molecule has 26 heavy (non-hydrogen) atoms. The van der Waals surface area contributed by atoms with E-state index in [-0.39, 0.29) is 11.7 Å². The third kappa shape index (κ3) is 4.89. The average Bonchev–Trinajstić information content (AvgIpc) is 2.65. The fourth-order valence-electron chi connectivity index (χ4n) is 2.45. The van der Waals surface area contributed by atoms with Crippen molar-refractivity contribution < 1.29 is 19.4 Å². The van der Waals surface area contributed by atoms with Gasteiger partial charge in [0.2, 0.25) is 5.91 Å². The largest absolute Gasteiger partial charge is 0.508 e. The molecule has 1 heterocycles. The molecule has 2 N–H and O–H groups in total. The number of amides is 1. The predicted molar refractivity (Wildman–Crippen MR) is 99.1 cm³/mol. The number of hydrogen-bond acceptors (Lipinski definition) is 5. The van der Waals surface area contributed by atoms with Crippen molar-refractivity contribution in [1.82, 2.24) is 5.43 Å². The van der Waals surface area contributed by atoms with Crippen LogP contribution in [0, 0.1) is 0 Å². The molecule has 2 aromatic rings. The highest BCUT2D eigenvalue weighted by Gasteiger charge is 2.14. The smallest absolute Gasteiger partial charge is 0.240 e. The summed E-state index contributed by atoms with van der Waals surface area (Å²) in [6.07, 6.45) is 1.71. The molecule has 0 saturated carbocycles. The minimum Gasteiger partial charge on any atom is -0.508 e. The van der Waals surface area contributed by atoms with Crippen molar-refractivity contribution in [2.24, 2.45) is 5.10 Å². The van der Waals surface area contributed by atoms with E-state index < -0.39 is 0 Å². The van der Waals surface area contributed by atoms with E-state index in [0.717, 1.165) is 11.3 Å². The highest BCUT2D eigenvalue weighted by molar-refractivity contribution is 6.32. The Hall–Kier alpha value is -2.73.